The first kappa shape index (κ1) is 31.0. The number of halogens is 4. The number of aromatic nitrogens is 4. The number of aliphatic imine (C=N–C) groups is 1. The number of nitrogens with zero attached hydrogens (tertiary/aromatic N) is 6. The molecule has 0 radical (unpaired) electrons. The first-order chi connectivity index (χ1) is 20.9. The van der Waals surface area contributed by atoms with E-state index in [4.69, 9.17) is 11.6 Å². The number of aryl methyl sites for hydroxylation is 1. The van der Waals surface area contributed by atoms with E-state index in [1.807, 2.05) is 39.0 Å². The molecule has 0 bridgehead atoms. The average molecular weight is 640 g/mol. The number of nitrogens with one attached hydrogen (secondary N) is 1. The summed E-state index contributed by atoms with van der Waals surface area (Å²) in [5, 5.41) is 7.02. The lowest BCUT2D eigenvalue weighted by Gasteiger charge is -2.22. The Bertz CT molecular complexity index is 1790. The van der Waals surface area contributed by atoms with E-state index >= 15 is 0 Å². The summed E-state index contributed by atoms with van der Waals surface area (Å²) in [6.07, 6.45) is 0.738. The maximum Gasteiger partial charge on any atom is 0.417 e. The third-order valence-corrected chi connectivity index (χ3v) is 7.68. The molecule has 3 amide bonds. The molecule has 1 N–H and O–H groups in total. The highest BCUT2D eigenvalue weighted by atomic mass is 35.5. The summed E-state index contributed by atoms with van der Waals surface area (Å²) in [5.41, 5.74) is 3.02. The van der Waals surface area contributed by atoms with Crippen molar-refractivity contribution in [3.63, 3.8) is 0 Å². The molecule has 5 rings (SSSR count). The Morgan fingerprint density at radius 3 is 2.55 bits per heavy atom. The topological polar surface area (TPSA) is 105 Å². The zero-order chi connectivity index (χ0) is 31.6. The lowest BCUT2D eigenvalue weighted by atomic mass is 9.99. The van der Waals surface area contributed by atoms with Gasteiger partial charge in [-0.25, -0.2) is 19.4 Å². The molecule has 1 aliphatic heterocycles. The van der Waals surface area contributed by atoms with Crippen molar-refractivity contribution in [1.29, 1.82) is 0 Å². The third-order valence-electron chi connectivity index (χ3n) is 6.47. The molecular weight excluding hydrogens is 615 g/mol. The van der Waals surface area contributed by atoms with Crippen LogP contribution in [0.3, 0.4) is 0 Å². The number of hydrogen-bond acceptors (Lipinski definition) is 6. The van der Waals surface area contributed by atoms with Gasteiger partial charge >= 0.3 is 12.2 Å². The van der Waals surface area contributed by atoms with Crippen LogP contribution in [0.5, 0.6) is 0 Å². The molecule has 1 aliphatic rings. The SMILES string of the molecule is Cc1ccc(C(C)C)c(N2C(=O)CS/C2=N\C(=O)Nc2ccc(/C=C/c3ncn(-c4ncc(C(F)(F)F)cc4Cl)n3)cc2)c1. The van der Waals surface area contributed by atoms with Crippen LogP contribution < -0.4 is 10.2 Å². The van der Waals surface area contributed by atoms with Crippen molar-refractivity contribution in [3.8, 4) is 5.82 Å². The maximum absolute atomic E-state index is 12.9. The zero-order valence-electron chi connectivity index (χ0n) is 23.6. The molecule has 226 valence electrons. The smallest absolute Gasteiger partial charge is 0.306 e. The molecule has 44 heavy (non-hydrogen) atoms. The minimum atomic E-state index is -4.56. The van der Waals surface area contributed by atoms with E-state index in [0.717, 1.165) is 28.4 Å². The number of hydrogen-bond donors (Lipinski definition) is 1. The Morgan fingerprint density at radius 1 is 1.11 bits per heavy atom. The van der Waals surface area contributed by atoms with E-state index in [1.165, 1.54) is 27.7 Å². The summed E-state index contributed by atoms with van der Waals surface area (Å²) in [5.74, 6) is 0.520. The Balaban J connectivity index is 1.25. The van der Waals surface area contributed by atoms with Crippen LogP contribution in [0.25, 0.3) is 18.0 Å². The van der Waals surface area contributed by atoms with Crippen LogP contribution in [-0.4, -0.2) is 42.6 Å². The molecule has 0 saturated carbocycles. The molecule has 3 heterocycles. The Hall–Kier alpha value is -4.49. The number of anilines is 2. The fourth-order valence-corrected chi connectivity index (χ4v) is 5.42. The molecule has 4 aromatic rings. The molecule has 0 atom stereocenters. The molecule has 14 heteroatoms. The van der Waals surface area contributed by atoms with E-state index in [-0.39, 0.29) is 34.2 Å². The van der Waals surface area contributed by atoms with E-state index in [9.17, 15) is 22.8 Å². The summed E-state index contributed by atoms with van der Waals surface area (Å²) in [6.45, 7) is 6.04. The van der Waals surface area contributed by atoms with Crippen molar-refractivity contribution in [1.82, 2.24) is 19.7 Å². The molecule has 2 aromatic carbocycles. The normalized spacial score (nSPS) is 14.8. The predicted octanol–water partition coefficient (Wildman–Crippen LogP) is 7.60. The molecular formula is C30H25ClF3N7O2S. The quantitative estimate of drug-likeness (QED) is 0.233. The van der Waals surface area contributed by atoms with Crippen LogP contribution in [0, 0.1) is 6.92 Å². The fourth-order valence-electron chi connectivity index (χ4n) is 4.31. The third kappa shape index (κ3) is 7.00. The number of amides is 3. The van der Waals surface area contributed by atoms with Gasteiger partial charge in [-0.2, -0.15) is 18.2 Å². The van der Waals surface area contributed by atoms with Gasteiger partial charge in [0.05, 0.1) is 22.0 Å². The van der Waals surface area contributed by atoms with Gasteiger partial charge in [0, 0.05) is 11.9 Å². The highest BCUT2D eigenvalue weighted by Gasteiger charge is 2.33. The van der Waals surface area contributed by atoms with Crippen LogP contribution in [0.2, 0.25) is 5.02 Å². The molecule has 1 fully saturated rings. The number of amidine groups is 1. The van der Waals surface area contributed by atoms with Crippen molar-refractivity contribution in [2.75, 3.05) is 16.0 Å². The lowest BCUT2D eigenvalue weighted by Crippen LogP contribution is -2.31. The van der Waals surface area contributed by atoms with E-state index in [1.54, 1.807) is 36.4 Å². The fraction of sp³-hybridized carbons (Fsp3) is 0.200. The predicted molar refractivity (Wildman–Crippen MR) is 166 cm³/mol. The molecule has 0 spiro atoms. The van der Waals surface area contributed by atoms with Crippen LogP contribution in [-0.2, 0) is 11.0 Å². The number of alkyl halides is 3. The van der Waals surface area contributed by atoms with Crippen molar-refractivity contribution in [2.45, 2.75) is 32.9 Å². The molecule has 0 unspecified atom stereocenters. The number of carbonyl (C=O) groups is 2. The van der Waals surface area contributed by atoms with Crippen LogP contribution in [0.1, 0.15) is 47.8 Å². The second kappa shape index (κ2) is 12.6. The summed E-state index contributed by atoms with van der Waals surface area (Å²) >= 11 is 7.20. The number of carbonyl (C=O) groups excluding carboxylic acids is 2. The van der Waals surface area contributed by atoms with Gasteiger partial charge in [0.2, 0.25) is 5.91 Å². The molecule has 1 saturated heterocycles. The van der Waals surface area contributed by atoms with Gasteiger partial charge in [-0.15, -0.1) is 5.10 Å². The highest BCUT2D eigenvalue weighted by Crippen LogP contribution is 2.34. The first-order valence-electron chi connectivity index (χ1n) is 13.3. The Kier molecular flexibility index (Phi) is 8.88. The number of pyridine rings is 1. The van der Waals surface area contributed by atoms with Gasteiger partial charge in [-0.05, 0) is 59.9 Å². The average Bonchev–Trinajstić information content (AvgIpc) is 3.58. The molecule has 2 aromatic heterocycles. The van der Waals surface area contributed by atoms with E-state index < -0.39 is 17.8 Å². The van der Waals surface area contributed by atoms with Crippen molar-refractivity contribution < 1.29 is 22.8 Å². The summed E-state index contributed by atoms with van der Waals surface area (Å²) in [4.78, 5) is 39.2. The largest absolute Gasteiger partial charge is 0.417 e. The Labute approximate surface area is 259 Å². The molecule has 0 aliphatic carbocycles. The first-order valence-corrected chi connectivity index (χ1v) is 14.6. The number of thioether (sulfide) groups is 1. The highest BCUT2D eigenvalue weighted by molar-refractivity contribution is 8.15. The zero-order valence-corrected chi connectivity index (χ0v) is 25.2. The monoisotopic (exact) mass is 639 g/mol. The van der Waals surface area contributed by atoms with Gasteiger partial charge in [0.15, 0.2) is 16.8 Å². The number of benzene rings is 2. The van der Waals surface area contributed by atoms with Crippen LogP contribution in [0.4, 0.5) is 29.3 Å². The minimum Gasteiger partial charge on any atom is -0.306 e. The second-order valence-corrected chi connectivity index (χ2v) is 11.4. The van der Waals surface area contributed by atoms with Crippen LogP contribution >= 0.6 is 23.4 Å². The molecule has 9 nitrogen and oxygen atoms in total. The van der Waals surface area contributed by atoms with Crippen LogP contribution in [0.15, 0.2) is 66.0 Å². The van der Waals surface area contributed by atoms with Gasteiger partial charge in [-0.3, -0.25) is 9.69 Å². The van der Waals surface area contributed by atoms with Gasteiger partial charge in [0.25, 0.3) is 0 Å². The van der Waals surface area contributed by atoms with Gasteiger partial charge < -0.3 is 5.32 Å². The lowest BCUT2D eigenvalue weighted by molar-refractivity contribution is -0.137. The van der Waals surface area contributed by atoms with Gasteiger partial charge in [0.1, 0.15) is 6.33 Å². The van der Waals surface area contributed by atoms with Crippen molar-refractivity contribution >= 4 is 64.0 Å². The van der Waals surface area contributed by atoms with Crippen molar-refractivity contribution in [2.24, 2.45) is 4.99 Å². The van der Waals surface area contributed by atoms with E-state index in [0.29, 0.717) is 17.1 Å². The number of rotatable bonds is 6. The standard InChI is InChI=1S/C30H25ClF3N7O2S/c1-17(2)22-10-4-18(3)12-24(22)41-26(42)15-44-29(41)38-28(43)37-21-8-5-19(6-9-21)7-11-25-36-16-40(39-25)27-23(31)13-20(14-35-27)30(32,33)34/h4-14,16-17H,15H2,1-3H3,(H,37,43)/b11-7+,38-29-. The maximum atomic E-state index is 12.9. The van der Waals surface area contributed by atoms with Gasteiger partial charge in [-0.1, -0.05) is 67.6 Å². The summed E-state index contributed by atoms with van der Waals surface area (Å²) in [7, 11) is 0. The second-order valence-electron chi connectivity index (χ2n) is 10.1. The number of urea groups is 1. The van der Waals surface area contributed by atoms with Crippen molar-refractivity contribution in [3.05, 3.63) is 94.2 Å². The minimum absolute atomic E-state index is 0.0122. The Morgan fingerprint density at radius 2 is 1.86 bits per heavy atom. The summed E-state index contributed by atoms with van der Waals surface area (Å²) in [6, 6.07) is 13.0. The van der Waals surface area contributed by atoms with E-state index in [2.05, 4.69) is 25.4 Å². The summed E-state index contributed by atoms with van der Waals surface area (Å²) < 4.78 is 39.8.